The van der Waals surface area contributed by atoms with E-state index >= 15 is 0 Å². The van der Waals surface area contributed by atoms with Crippen molar-refractivity contribution in [3.63, 3.8) is 0 Å². The third-order valence-electron chi connectivity index (χ3n) is 10.4. The topological polar surface area (TPSA) is 34.0 Å². The standard InChI is InChI=1S/C45H32N2OS/c1-3-14-29(15-4-1)38-28-39(47-44(46-38)30-16-5-2-6-17-30)42-27-26-41(49-42)33-20-13-24-37-43(33)48-40-25-12-11-23-36(40)45(37)34-21-9-7-18-31(34)32-19-8-10-22-35(32)45/h1-25,27,38,41H,26,28H2. The van der Waals surface area contributed by atoms with Gasteiger partial charge < -0.3 is 4.74 Å². The van der Waals surface area contributed by atoms with Crippen LogP contribution >= 0.6 is 11.8 Å². The van der Waals surface area contributed by atoms with Crippen molar-refractivity contribution in [1.29, 1.82) is 0 Å². The lowest BCUT2D eigenvalue weighted by Crippen LogP contribution is -2.32. The average molecular weight is 649 g/mol. The van der Waals surface area contributed by atoms with Crippen molar-refractivity contribution in [3.05, 3.63) is 202 Å². The smallest absolute Gasteiger partial charge is 0.155 e. The number of thioether (sulfide) groups is 1. The van der Waals surface area contributed by atoms with Crippen LogP contribution in [0.2, 0.25) is 0 Å². The molecule has 4 heteroatoms. The molecule has 0 aromatic heterocycles. The lowest BCUT2D eigenvalue weighted by molar-refractivity contribution is 0.430. The number of fused-ring (bicyclic) bond motifs is 9. The number of hydrogen-bond acceptors (Lipinski definition) is 4. The Hall–Kier alpha value is -5.45. The third kappa shape index (κ3) is 4.37. The third-order valence-corrected chi connectivity index (χ3v) is 11.8. The molecule has 0 fully saturated rings. The minimum absolute atomic E-state index is 0.0242. The second-order valence-corrected chi connectivity index (χ2v) is 14.3. The normalized spacial score (nSPS) is 19.5. The van der Waals surface area contributed by atoms with Crippen LogP contribution in [0.25, 0.3) is 11.1 Å². The lowest BCUT2D eigenvalue weighted by atomic mass is 9.65. The minimum Gasteiger partial charge on any atom is -0.456 e. The zero-order chi connectivity index (χ0) is 32.4. The van der Waals surface area contributed by atoms with Crippen molar-refractivity contribution in [2.45, 2.75) is 29.5 Å². The van der Waals surface area contributed by atoms with Gasteiger partial charge >= 0.3 is 0 Å². The molecule has 6 aromatic rings. The van der Waals surface area contributed by atoms with E-state index < -0.39 is 5.41 Å². The van der Waals surface area contributed by atoms with Crippen molar-refractivity contribution >= 4 is 23.3 Å². The fourth-order valence-corrected chi connectivity index (χ4v) is 9.59. The van der Waals surface area contributed by atoms with Gasteiger partial charge in [-0.2, -0.15) is 0 Å². The Labute approximate surface area is 290 Å². The summed E-state index contributed by atoms with van der Waals surface area (Å²) in [5, 5.41) is 0.205. The summed E-state index contributed by atoms with van der Waals surface area (Å²) in [6.07, 6.45) is 4.07. The Kier molecular flexibility index (Phi) is 6.60. The van der Waals surface area contributed by atoms with E-state index in [1.54, 1.807) is 0 Å². The van der Waals surface area contributed by atoms with Gasteiger partial charge in [-0.15, -0.1) is 11.8 Å². The highest BCUT2D eigenvalue weighted by atomic mass is 32.2. The van der Waals surface area contributed by atoms with Crippen LogP contribution < -0.4 is 4.74 Å². The predicted molar refractivity (Wildman–Crippen MR) is 201 cm³/mol. The summed E-state index contributed by atoms with van der Waals surface area (Å²) in [5.41, 5.74) is 11.8. The number of aliphatic imine (C=N–C) groups is 2. The number of rotatable bonds is 4. The van der Waals surface area contributed by atoms with Crippen LogP contribution in [0.5, 0.6) is 11.5 Å². The van der Waals surface area contributed by atoms with E-state index in [9.17, 15) is 0 Å². The molecule has 3 nitrogen and oxygen atoms in total. The molecule has 234 valence electrons. The molecular weight excluding hydrogens is 617 g/mol. The van der Waals surface area contributed by atoms with Gasteiger partial charge in [-0.25, -0.2) is 4.99 Å². The molecule has 0 amide bonds. The van der Waals surface area contributed by atoms with Crippen molar-refractivity contribution in [2.24, 2.45) is 9.98 Å². The molecule has 4 aliphatic rings. The molecule has 49 heavy (non-hydrogen) atoms. The zero-order valence-corrected chi connectivity index (χ0v) is 27.6. The Morgan fingerprint density at radius 1 is 0.612 bits per heavy atom. The van der Waals surface area contributed by atoms with Crippen molar-refractivity contribution in [2.75, 3.05) is 0 Å². The van der Waals surface area contributed by atoms with Crippen LogP contribution in [0.15, 0.2) is 173 Å². The fraction of sp³-hybridized carbons (Fsp3) is 0.111. The lowest BCUT2D eigenvalue weighted by Gasteiger charge is -2.40. The summed E-state index contributed by atoms with van der Waals surface area (Å²) in [6.45, 7) is 0. The van der Waals surface area contributed by atoms with Crippen molar-refractivity contribution < 1.29 is 4.74 Å². The molecule has 2 atom stereocenters. The highest BCUT2D eigenvalue weighted by Gasteiger charge is 2.51. The molecule has 10 rings (SSSR count). The first-order chi connectivity index (χ1) is 24.3. The van der Waals surface area contributed by atoms with Crippen LogP contribution in [-0.4, -0.2) is 11.5 Å². The van der Waals surface area contributed by atoms with E-state index in [2.05, 4.69) is 152 Å². The van der Waals surface area contributed by atoms with Gasteiger partial charge in [0.15, 0.2) is 5.84 Å². The summed E-state index contributed by atoms with van der Waals surface area (Å²) in [6, 6.07) is 54.3. The van der Waals surface area contributed by atoms with Gasteiger partial charge in [-0.3, -0.25) is 4.99 Å². The van der Waals surface area contributed by atoms with E-state index in [0.717, 1.165) is 41.5 Å². The second kappa shape index (κ2) is 11.3. The Morgan fingerprint density at radius 3 is 2.00 bits per heavy atom. The Balaban J connectivity index is 1.06. The first-order valence-electron chi connectivity index (χ1n) is 17.0. The summed E-state index contributed by atoms with van der Waals surface area (Å²) >= 11 is 1.92. The highest BCUT2D eigenvalue weighted by Crippen LogP contribution is 2.63. The molecule has 1 aliphatic carbocycles. The molecule has 6 aromatic carbocycles. The first-order valence-corrected chi connectivity index (χ1v) is 17.9. The van der Waals surface area contributed by atoms with Crippen LogP contribution in [-0.2, 0) is 5.41 Å². The van der Waals surface area contributed by atoms with Gasteiger partial charge in [0.2, 0.25) is 0 Å². The molecule has 1 spiro atoms. The van der Waals surface area contributed by atoms with Gasteiger partial charge in [0.1, 0.15) is 11.5 Å². The summed E-state index contributed by atoms with van der Waals surface area (Å²) in [5.74, 6) is 2.72. The van der Waals surface area contributed by atoms with Crippen LogP contribution in [0.3, 0.4) is 0 Å². The Bertz CT molecular complexity index is 2310. The molecule has 0 N–H and O–H groups in total. The molecule has 3 aliphatic heterocycles. The van der Waals surface area contributed by atoms with Crippen LogP contribution in [0, 0.1) is 0 Å². The van der Waals surface area contributed by atoms with Crippen LogP contribution in [0.1, 0.15) is 63.1 Å². The van der Waals surface area contributed by atoms with E-state index in [-0.39, 0.29) is 11.3 Å². The number of amidine groups is 1. The SMILES string of the molecule is C1=C(C2=NC(c3ccccc3)=NC(c3ccccc3)C2)SC(c2cccc3c2Oc2ccccc2C32c3ccccc3-c3ccccc32)C1. The Morgan fingerprint density at radius 2 is 1.24 bits per heavy atom. The molecule has 0 bridgehead atoms. The zero-order valence-electron chi connectivity index (χ0n) is 26.8. The number of allylic oxidation sites excluding steroid dienone is 2. The highest BCUT2D eigenvalue weighted by molar-refractivity contribution is 8.04. The minimum atomic E-state index is -0.454. The number of para-hydroxylation sites is 2. The molecule has 0 saturated carbocycles. The monoisotopic (exact) mass is 648 g/mol. The average Bonchev–Trinajstić information content (AvgIpc) is 3.78. The second-order valence-electron chi connectivity index (χ2n) is 13.1. The molecule has 2 unspecified atom stereocenters. The summed E-state index contributed by atoms with van der Waals surface area (Å²) < 4.78 is 6.98. The van der Waals surface area contributed by atoms with Gasteiger partial charge in [0.05, 0.1) is 17.2 Å². The first kappa shape index (κ1) is 28.6. The van der Waals surface area contributed by atoms with Gasteiger partial charge in [0.25, 0.3) is 0 Å². The van der Waals surface area contributed by atoms with E-state index in [0.29, 0.717) is 0 Å². The largest absolute Gasteiger partial charge is 0.456 e. The maximum Gasteiger partial charge on any atom is 0.155 e. The number of hydrogen-bond donors (Lipinski definition) is 0. The number of benzene rings is 6. The molecule has 3 heterocycles. The summed E-state index contributed by atoms with van der Waals surface area (Å²) in [7, 11) is 0. The quantitative estimate of drug-likeness (QED) is 0.190. The molecule has 0 saturated heterocycles. The number of ether oxygens (including phenoxy) is 1. The van der Waals surface area contributed by atoms with Gasteiger partial charge in [0, 0.05) is 38.8 Å². The van der Waals surface area contributed by atoms with E-state index in [4.69, 9.17) is 14.7 Å². The van der Waals surface area contributed by atoms with E-state index in [1.807, 2.05) is 17.8 Å². The predicted octanol–water partition coefficient (Wildman–Crippen LogP) is 11.3. The van der Waals surface area contributed by atoms with E-state index in [1.165, 1.54) is 49.4 Å². The maximum absolute atomic E-state index is 6.98. The summed E-state index contributed by atoms with van der Waals surface area (Å²) in [4.78, 5) is 11.6. The molecule has 0 radical (unpaired) electrons. The van der Waals surface area contributed by atoms with Gasteiger partial charge in [-0.05, 0) is 40.3 Å². The van der Waals surface area contributed by atoms with Gasteiger partial charge in [-0.1, -0.05) is 152 Å². The fourth-order valence-electron chi connectivity index (χ4n) is 8.32. The van der Waals surface area contributed by atoms with Crippen molar-refractivity contribution in [3.8, 4) is 22.6 Å². The van der Waals surface area contributed by atoms with Crippen molar-refractivity contribution in [1.82, 2.24) is 0 Å². The maximum atomic E-state index is 6.98. The number of nitrogens with zero attached hydrogens (tertiary/aromatic N) is 2. The van der Waals surface area contributed by atoms with Crippen LogP contribution in [0.4, 0.5) is 0 Å². The molecular formula is C45H32N2OS.